The van der Waals surface area contributed by atoms with Crippen LogP contribution in [0.15, 0.2) is 17.5 Å². The Kier molecular flexibility index (Phi) is 8.47. The fourth-order valence-corrected chi connectivity index (χ4v) is 4.50. The summed E-state index contributed by atoms with van der Waals surface area (Å²) in [6.45, 7) is 11.1. The van der Waals surface area contributed by atoms with Crippen molar-refractivity contribution in [3.63, 3.8) is 0 Å². The van der Waals surface area contributed by atoms with Gasteiger partial charge in [0.1, 0.15) is 0 Å². The van der Waals surface area contributed by atoms with E-state index in [-0.39, 0.29) is 0 Å². The van der Waals surface area contributed by atoms with Crippen LogP contribution in [0.4, 0.5) is 0 Å². The van der Waals surface area contributed by atoms with E-state index < -0.39 is 0 Å². The fraction of sp³-hybridized carbons (Fsp3) is 0.667. The van der Waals surface area contributed by atoms with Crippen LogP contribution in [0, 0.1) is 11.8 Å². The molecule has 0 aliphatic carbocycles. The van der Waals surface area contributed by atoms with E-state index in [0.29, 0.717) is 0 Å². The van der Waals surface area contributed by atoms with Gasteiger partial charge in [-0.15, -0.1) is 22.7 Å². The highest BCUT2D eigenvalue weighted by Crippen LogP contribution is 2.31. The van der Waals surface area contributed by atoms with Gasteiger partial charge in [0.05, 0.1) is 0 Å². The molecule has 2 aromatic heterocycles. The van der Waals surface area contributed by atoms with E-state index in [1.165, 1.54) is 41.5 Å². The smallest absolute Gasteiger partial charge is 0.0453 e. The summed E-state index contributed by atoms with van der Waals surface area (Å²) in [7, 11) is 0. The SMILES string of the molecule is CC.CC(C)CCCC(C)CCc1cc2sccc2s1. The van der Waals surface area contributed by atoms with Gasteiger partial charge in [-0.05, 0) is 42.2 Å². The van der Waals surface area contributed by atoms with Crippen molar-refractivity contribution in [2.45, 2.75) is 66.7 Å². The predicted molar refractivity (Wildman–Crippen MR) is 97.2 cm³/mol. The lowest BCUT2D eigenvalue weighted by Gasteiger charge is -2.11. The summed E-state index contributed by atoms with van der Waals surface area (Å²) in [5, 5.41) is 2.19. The normalized spacial score (nSPS) is 12.5. The highest BCUT2D eigenvalue weighted by molar-refractivity contribution is 7.26. The van der Waals surface area contributed by atoms with Crippen molar-refractivity contribution in [1.82, 2.24) is 0 Å². The highest BCUT2D eigenvalue weighted by Gasteiger charge is 2.07. The molecule has 2 rings (SSSR count). The molecule has 114 valence electrons. The molecule has 0 aromatic carbocycles. The van der Waals surface area contributed by atoms with E-state index in [2.05, 4.69) is 38.3 Å². The Morgan fingerprint density at radius 2 is 1.75 bits per heavy atom. The molecule has 1 atom stereocenters. The molecule has 0 saturated heterocycles. The zero-order chi connectivity index (χ0) is 15.0. The maximum atomic E-state index is 2.41. The van der Waals surface area contributed by atoms with E-state index in [0.717, 1.165) is 11.8 Å². The molecule has 0 nitrogen and oxygen atoms in total. The quantitative estimate of drug-likeness (QED) is 0.500. The Morgan fingerprint density at radius 3 is 2.40 bits per heavy atom. The molecule has 1 unspecified atom stereocenters. The molecule has 0 spiro atoms. The van der Waals surface area contributed by atoms with Gasteiger partial charge in [-0.1, -0.05) is 53.9 Å². The highest BCUT2D eigenvalue weighted by atomic mass is 32.1. The second kappa shape index (κ2) is 9.57. The van der Waals surface area contributed by atoms with E-state index >= 15 is 0 Å². The first-order valence-corrected chi connectivity index (χ1v) is 9.80. The second-order valence-corrected chi connectivity index (χ2v) is 7.95. The zero-order valence-electron chi connectivity index (χ0n) is 13.7. The molecule has 0 fully saturated rings. The van der Waals surface area contributed by atoms with Crippen LogP contribution in [-0.2, 0) is 6.42 Å². The number of hydrogen-bond donors (Lipinski definition) is 0. The molecule has 20 heavy (non-hydrogen) atoms. The molecule has 2 heterocycles. The summed E-state index contributed by atoms with van der Waals surface area (Å²) in [5.41, 5.74) is 0. The molecule has 0 saturated carbocycles. The van der Waals surface area contributed by atoms with Gasteiger partial charge in [0.15, 0.2) is 0 Å². The molecule has 0 radical (unpaired) electrons. The summed E-state index contributed by atoms with van der Waals surface area (Å²) >= 11 is 3.85. The minimum Gasteiger partial charge on any atom is -0.143 e. The Hall–Kier alpha value is -0.340. The van der Waals surface area contributed by atoms with Crippen LogP contribution in [0.2, 0.25) is 0 Å². The van der Waals surface area contributed by atoms with Crippen molar-refractivity contribution >= 4 is 32.1 Å². The first-order chi connectivity index (χ1) is 9.65. The van der Waals surface area contributed by atoms with Crippen molar-refractivity contribution in [2.24, 2.45) is 11.8 Å². The van der Waals surface area contributed by atoms with Crippen LogP contribution in [0.1, 0.15) is 65.2 Å². The largest absolute Gasteiger partial charge is 0.143 e. The molecule has 0 aliphatic rings. The van der Waals surface area contributed by atoms with Crippen LogP contribution in [0.3, 0.4) is 0 Å². The van der Waals surface area contributed by atoms with Crippen LogP contribution < -0.4 is 0 Å². The molecular weight excluding hydrogens is 280 g/mol. The van der Waals surface area contributed by atoms with Gasteiger partial charge in [0.25, 0.3) is 0 Å². The standard InChI is InChI=1S/C16H24S2.C2H6/c1-12(2)5-4-6-13(3)7-8-14-11-16-15(18-14)9-10-17-16;1-2/h9-13H,4-8H2,1-3H3;1-2H3. The van der Waals surface area contributed by atoms with Crippen molar-refractivity contribution in [3.8, 4) is 0 Å². The molecule has 2 aromatic rings. The molecule has 0 bridgehead atoms. The third kappa shape index (κ3) is 5.97. The summed E-state index contributed by atoms with van der Waals surface area (Å²) in [5.74, 6) is 1.74. The number of thiophene rings is 2. The third-order valence-corrected chi connectivity index (χ3v) is 5.71. The maximum absolute atomic E-state index is 2.41. The first kappa shape index (κ1) is 17.7. The monoisotopic (exact) mass is 310 g/mol. The summed E-state index contributed by atoms with van der Waals surface area (Å²) in [4.78, 5) is 1.58. The van der Waals surface area contributed by atoms with Crippen molar-refractivity contribution in [2.75, 3.05) is 0 Å². The first-order valence-electron chi connectivity index (χ1n) is 8.11. The minimum absolute atomic E-state index is 0.862. The van der Waals surface area contributed by atoms with Crippen molar-refractivity contribution in [3.05, 3.63) is 22.4 Å². The number of hydrogen-bond acceptors (Lipinski definition) is 2. The van der Waals surface area contributed by atoms with Gasteiger partial charge >= 0.3 is 0 Å². The fourth-order valence-electron chi connectivity index (χ4n) is 2.35. The van der Waals surface area contributed by atoms with E-state index in [1.807, 2.05) is 36.5 Å². The Bertz CT molecular complexity index is 436. The van der Waals surface area contributed by atoms with E-state index in [4.69, 9.17) is 0 Å². The lowest BCUT2D eigenvalue weighted by atomic mass is 9.96. The summed E-state index contributed by atoms with van der Waals surface area (Å²) < 4.78 is 2.95. The van der Waals surface area contributed by atoms with Gasteiger partial charge in [-0.3, -0.25) is 0 Å². The molecular formula is C18H30S2. The lowest BCUT2D eigenvalue weighted by Crippen LogP contribution is -1.98. The predicted octanol–water partition coefficient (Wildman–Crippen LogP) is 7.38. The lowest BCUT2D eigenvalue weighted by molar-refractivity contribution is 0.438. The van der Waals surface area contributed by atoms with Gasteiger partial charge in [-0.2, -0.15) is 0 Å². The van der Waals surface area contributed by atoms with Crippen LogP contribution in [-0.4, -0.2) is 0 Å². The van der Waals surface area contributed by atoms with Gasteiger partial charge < -0.3 is 0 Å². The van der Waals surface area contributed by atoms with Crippen LogP contribution >= 0.6 is 22.7 Å². The maximum Gasteiger partial charge on any atom is 0.0453 e. The van der Waals surface area contributed by atoms with Gasteiger partial charge in [-0.25, -0.2) is 0 Å². The molecule has 0 aliphatic heterocycles. The summed E-state index contributed by atoms with van der Waals surface area (Å²) in [6.07, 6.45) is 6.82. The minimum atomic E-state index is 0.862. The van der Waals surface area contributed by atoms with Gasteiger partial charge in [0, 0.05) is 14.3 Å². The average molecular weight is 311 g/mol. The van der Waals surface area contributed by atoms with E-state index in [9.17, 15) is 0 Å². The number of rotatable bonds is 7. The Labute approximate surface area is 133 Å². The second-order valence-electron chi connectivity index (χ2n) is 5.83. The van der Waals surface area contributed by atoms with Crippen molar-refractivity contribution in [1.29, 1.82) is 0 Å². The Morgan fingerprint density at radius 1 is 1.00 bits per heavy atom. The molecule has 0 amide bonds. The van der Waals surface area contributed by atoms with Gasteiger partial charge in [0.2, 0.25) is 0 Å². The van der Waals surface area contributed by atoms with Crippen molar-refractivity contribution < 1.29 is 0 Å². The topological polar surface area (TPSA) is 0 Å². The molecule has 0 N–H and O–H groups in total. The van der Waals surface area contributed by atoms with Crippen LogP contribution in [0.5, 0.6) is 0 Å². The number of aryl methyl sites for hydroxylation is 1. The Balaban J connectivity index is 0.000000956. The third-order valence-electron chi connectivity index (χ3n) is 3.55. The summed E-state index contributed by atoms with van der Waals surface area (Å²) in [6, 6.07) is 4.64. The zero-order valence-corrected chi connectivity index (χ0v) is 15.4. The number of fused-ring (bicyclic) bond motifs is 1. The molecule has 2 heteroatoms. The van der Waals surface area contributed by atoms with E-state index in [1.54, 1.807) is 4.88 Å². The van der Waals surface area contributed by atoms with Crippen LogP contribution in [0.25, 0.3) is 9.40 Å². The average Bonchev–Trinajstić information content (AvgIpc) is 2.99.